The molecule has 0 saturated carbocycles. The average Bonchev–Trinajstić information content (AvgIpc) is 2.17. The van der Waals surface area contributed by atoms with E-state index in [1.165, 1.54) is 6.26 Å². The van der Waals surface area contributed by atoms with Crippen molar-refractivity contribution in [2.24, 2.45) is 5.73 Å². The maximum Gasteiger partial charge on any atom is 0.250 e. The van der Waals surface area contributed by atoms with Gasteiger partial charge in [-0.3, -0.25) is 4.79 Å². The molecule has 0 spiro atoms. The Morgan fingerprint density at radius 2 is 2.31 bits per heavy atom. The number of hydrogen-bond acceptors (Lipinski definition) is 3. The minimum atomic E-state index is -0.469. The lowest BCUT2D eigenvalue weighted by Crippen LogP contribution is -2.14. The molecule has 1 aromatic rings. The second-order valence-corrected chi connectivity index (χ2v) is 2.61. The van der Waals surface area contributed by atoms with Crippen LogP contribution in [-0.4, -0.2) is 5.91 Å². The van der Waals surface area contributed by atoms with Crippen LogP contribution < -0.4 is 15.8 Å². The van der Waals surface area contributed by atoms with Crippen molar-refractivity contribution < 1.29 is 9.53 Å². The number of anilines is 1. The minimum Gasteiger partial charge on any atom is -0.461 e. The number of benzene rings is 1. The predicted molar refractivity (Wildman–Crippen MR) is 48.4 cm³/mol. The number of nitrogens with one attached hydrogen (secondary N) is 1. The third-order valence-electron chi connectivity index (χ3n) is 1.78. The van der Waals surface area contributed by atoms with Crippen molar-refractivity contribution >= 4 is 11.6 Å². The zero-order valence-electron chi connectivity index (χ0n) is 6.78. The monoisotopic (exact) mass is 176 g/mol. The number of fused-ring (bicyclic) bond motifs is 1. The van der Waals surface area contributed by atoms with Crippen molar-refractivity contribution in [1.29, 1.82) is 0 Å². The molecule has 4 heteroatoms. The zero-order valence-corrected chi connectivity index (χ0v) is 6.78. The lowest BCUT2D eigenvalue weighted by molar-refractivity contribution is 0.100. The molecule has 1 amide bonds. The molecule has 1 aliphatic heterocycles. The maximum atomic E-state index is 11.0. The number of ether oxygens (including phenoxy) is 1. The van der Waals surface area contributed by atoms with Crippen LogP contribution in [0, 0.1) is 0 Å². The van der Waals surface area contributed by atoms with Crippen LogP contribution in [0.25, 0.3) is 0 Å². The molecule has 0 saturated heterocycles. The number of hydrogen-bond donors (Lipinski definition) is 2. The molecule has 66 valence electrons. The van der Waals surface area contributed by atoms with Crippen LogP contribution in [0.2, 0.25) is 0 Å². The van der Waals surface area contributed by atoms with E-state index in [2.05, 4.69) is 5.32 Å². The highest BCUT2D eigenvalue weighted by Gasteiger charge is 2.13. The van der Waals surface area contributed by atoms with Crippen LogP contribution in [0.3, 0.4) is 0 Å². The highest BCUT2D eigenvalue weighted by atomic mass is 16.5. The van der Waals surface area contributed by atoms with E-state index in [-0.39, 0.29) is 0 Å². The number of carbonyl (C=O) groups is 1. The predicted octanol–water partition coefficient (Wildman–Crippen LogP) is 1.06. The van der Waals surface area contributed by atoms with E-state index in [1.54, 1.807) is 24.4 Å². The molecule has 1 aromatic carbocycles. The summed E-state index contributed by atoms with van der Waals surface area (Å²) in [5.41, 5.74) is 6.23. The summed E-state index contributed by atoms with van der Waals surface area (Å²) in [6.45, 7) is 0. The van der Waals surface area contributed by atoms with Crippen LogP contribution in [0.5, 0.6) is 5.75 Å². The molecule has 13 heavy (non-hydrogen) atoms. The van der Waals surface area contributed by atoms with E-state index < -0.39 is 5.91 Å². The molecule has 1 aliphatic rings. The summed E-state index contributed by atoms with van der Waals surface area (Å²) in [7, 11) is 0. The van der Waals surface area contributed by atoms with E-state index in [9.17, 15) is 4.79 Å². The molecular formula is C9H8N2O2. The Morgan fingerprint density at radius 1 is 1.46 bits per heavy atom. The Kier molecular flexibility index (Phi) is 1.66. The van der Waals surface area contributed by atoms with Gasteiger partial charge in [0, 0.05) is 6.20 Å². The normalized spacial score (nSPS) is 12.6. The molecule has 0 aliphatic carbocycles. The second kappa shape index (κ2) is 2.82. The number of amides is 1. The first-order chi connectivity index (χ1) is 6.29. The summed E-state index contributed by atoms with van der Waals surface area (Å²) in [4.78, 5) is 11.0. The smallest absolute Gasteiger partial charge is 0.250 e. The number of rotatable bonds is 1. The Balaban J connectivity index is 2.55. The molecule has 3 N–H and O–H groups in total. The number of nitrogens with two attached hydrogens (primary N) is 1. The van der Waals surface area contributed by atoms with Crippen molar-refractivity contribution in [2.45, 2.75) is 0 Å². The number of para-hydroxylation sites is 1. The molecule has 4 nitrogen and oxygen atoms in total. The molecule has 2 rings (SSSR count). The van der Waals surface area contributed by atoms with Gasteiger partial charge < -0.3 is 15.8 Å². The largest absolute Gasteiger partial charge is 0.461 e. The van der Waals surface area contributed by atoms with Crippen molar-refractivity contribution in [2.75, 3.05) is 5.32 Å². The first-order valence-electron chi connectivity index (χ1n) is 3.80. The van der Waals surface area contributed by atoms with Crippen LogP contribution in [0.1, 0.15) is 10.4 Å². The van der Waals surface area contributed by atoms with Crippen LogP contribution in [0.4, 0.5) is 5.69 Å². The number of carbonyl (C=O) groups excluding carboxylic acids is 1. The highest BCUT2D eigenvalue weighted by Crippen LogP contribution is 2.30. The van der Waals surface area contributed by atoms with Gasteiger partial charge in [0.1, 0.15) is 6.26 Å². The molecule has 0 aromatic heterocycles. The van der Waals surface area contributed by atoms with Gasteiger partial charge >= 0.3 is 0 Å². The Bertz CT molecular complexity index is 385. The first-order valence-corrected chi connectivity index (χ1v) is 3.80. The lowest BCUT2D eigenvalue weighted by atomic mass is 10.1. The molecular weight excluding hydrogens is 168 g/mol. The molecule has 1 heterocycles. The fourth-order valence-corrected chi connectivity index (χ4v) is 1.21. The second-order valence-electron chi connectivity index (χ2n) is 2.61. The van der Waals surface area contributed by atoms with Gasteiger partial charge in [-0.15, -0.1) is 0 Å². The van der Waals surface area contributed by atoms with Gasteiger partial charge in [-0.25, -0.2) is 0 Å². The summed E-state index contributed by atoms with van der Waals surface area (Å²) in [5, 5.41) is 2.91. The summed E-state index contributed by atoms with van der Waals surface area (Å²) in [6.07, 6.45) is 3.11. The lowest BCUT2D eigenvalue weighted by Gasteiger charge is -2.15. The molecule has 0 atom stereocenters. The quantitative estimate of drug-likeness (QED) is 0.672. The van der Waals surface area contributed by atoms with Gasteiger partial charge in [0.15, 0.2) is 5.75 Å². The van der Waals surface area contributed by atoms with Crippen molar-refractivity contribution in [3.63, 3.8) is 0 Å². The van der Waals surface area contributed by atoms with E-state index in [0.717, 1.165) is 0 Å². The first kappa shape index (κ1) is 7.67. The fraction of sp³-hybridized carbons (Fsp3) is 0. The highest BCUT2D eigenvalue weighted by molar-refractivity contribution is 6.00. The average molecular weight is 176 g/mol. The number of primary amides is 1. The van der Waals surface area contributed by atoms with Crippen molar-refractivity contribution in [3.05, 3.63) is 36.2 Å². The van der Waals surface area contributed by atoms with Gasteiger partial charge in [-0.1, -0.05) is 6.07 Å². The standard InChI is InChI=1S/C9H8N2O2/c10-9(12)6-2-1-3-7-8(6)11-4-5-13-7/h1-5,11H,(H2,10,12). The summed E-state index contributed by atoms with van der Waals surface area (Å²) < 4.78 is 5.16. The molecule has 0 fully saturated rings. The Hall–Kier alpha value is -1.97. The molecule has 0 bridgehead atoms. The zero-order chi connectivity index (χ0) is 9.26. The van der Waals surface area contributed by atoms with Gasteiger partial charge in [0.2, 0.25) is 0 Å². The Labute approximate surface area is 75.0 Å². The Morgan fingerprint density at radius 3 is 3.08 bits per heavy atom. The van der Waals surface area contributed by atoms with Crippen molar-refractivity contribution in [3.8, 4) is 5.75 Å². The van der Waals surface area contributed by atoms with Crippen LogP contribution >= 0.6 is 0 Å². The summed E-state index contributed by atoms with van der Waals surface area (Å²) in [5.74, 6) is 0.141. The topological polar surface area (TPSA) is 64.4 Å². The van der Waals surface area contributed by atoms with Gasteiger partial charge in [-0.2, -0.15) is 0 Å². The maximum absolute atomic E-state index is 11.0. The summed E-state index contributed by atoms with van der Waals surface area (Å²) >= 11 is 0. The van der Waals surface area contributed by atoms with E-state index >= 15 is 0 Å². The van der Waals surface area contributed by atoms with Crippen molar-refractivity contribution in [1.82, 2.24) is 0 Å². The third kappa shape index (κ3) is 1.22. The fourth-order valence-electron chi connectivity index (χ4n) is 1.21. The third-order valence-corrected chi connectivity index (χ3v) is 1.78. The van der Waals surface area contributed by atoms with Gasteiger partial charge in [-0.05, 0) is 12.1 Å². The molecule has 0 unspecified atom stereocenters. The molecule has 0 radical (unpaired) electrons. The van der Waals surface area contributed by atoms with E-state index in [0.29, 0.717) is 17.0 Å². The van der Waals surface area contributed by atoms with E-state index in [1.807, 2.05) is 0 Å². The van der Waals surface area contributed by atoms with E-state index in [4.69, 9.17) is 10.5 Å². The van der Waals surface area contributed by atoms with Gasteiger partial charge in [0.25, 0.3) is 5.91 Å². The van der Waals surface area contributed by atoms with Crippen LogP contribution in [0.15, 0.2) is 30.7 Å². The van der Waals surface area contributed by atoms with Crippen LogP contribution in [-0.2, 0) is 0 Å². The van der Waals surface area contributed by atoms with Gasteiger partial charge in [0.05, 0.1) is 11.3 Å². The minimum absolute atomic E-state index is 0.432. The SMILES string of the molecule is NC(=O)c1cccc2c1NC=CO2. The summed E-state index contributed by atoms with van der Waals surface area (Å²) in [6, 6.07) is 5.13.